The number of carbonyl (C=O) groups excluding carboxylic acids is 1. The molecule has 0 spiro atoms. The predicted octanol–water partition coefficient (Wildman–Crippen LogP) is 3.61. The highest BCUT2D eigenvalue weighted by Crippen LogP contribution is 2.41. The summed E-state index contributed by atoms with van der Waals surface area (Å²) in [5, 5.41) is 14.5. The van der Waals surface area contributed by atoms with E-state index in [-0.39, 0.29) is 5.91 Å². The molecule has 7 heteroatoms. The number of para-hydroxylation sites is 1. The van der Waals surface area contributed by atoms with Crippen molar-refractivity contribution < 1.29 is 4.79 Å². The third kappa shape index (κ3) is 3.93. The van der Waals surface area contributed by atoms with Gasteiger partial charge >= 0.3 is 0 Å². The highest BCUT2D eigenvalue weighted by Gasteiger charge is 2.31. The van der Waals surface area contributed by atoms with Gasteiger partial charge in [-0.1, -0.05) is 36.0 Å². The van der Waals surface area contributed by atoms with E-state index in [9.17, 15) is 4.79 Å². The van der Waals surface area contributed by atoms with Crippen LogP contribution in [0.25, 0.3) is 5.69 Å². The summed E-state index contributed by atoms with van der Waals surface area (Å²) < 4.78 is 2.09. The molecule has 2 heterocycles. The standard InChI is InChI=1S/C18H18N4OS2/c23-16(19-11-15-7-4-10-24-15)12-25-18-21-20-17(13-8-9-13)22(18)14-5-2-1-3-6-14/h1-7,10,13H,8-9,11-12H2,(H,19,23). The van der Waals surface area contributed by atoms with Gasteiger partial charge in [-0.3, -0.25) is 9.36 Å². The molecule has 0 unspecified atom stereocenters. The first-order valence-electron chi connectivity index (χ1n) is 8.24. The quantitative estimate of drug-likeness (QED) is 0.646. The van der Waals surface area contributed by atoms with Gasteiger partial charge in [-0.05, 0) is 36.4 Å². The number of rotatable bonds is 7. The Morgan fingerprint density at radius 3 is 2.76 bits per heavy atom. The zero-order chi connectivity index (χ0) is 17.1. The Hall–Kier alpha value is -2.12. The van der Waals surface area contributed by atoms with Crippen molar-refractivity contribution in [1.29, 1.82) is 0 Å². The normalized spacial score (nSPS) is 13.8. The predicted molar refractivity (Wildman–Crippen MR) is 100 cm³/mol. The lowest BCUT2D eigenvalue weighted by molar-refractivity contribution is -0.118. The van der Waals surface area contributed by atoms with Gasteiger partial charge in [-0.25, -0.2) is 0 Å². The van der Waals surface area contributed by atoms with Gasteiger partial charge in [-0.2, -0.15) is 0 Å². The molecule has 0 bridgehead atoms. The number of nitrogens with one attached hydrogen (secondary N) is 1. The molecule has 128 valence electrons. The van der Waals surface area contributed by atoms with Crippen LogP contribution in [0.1, 0.15) is 29.5 Å². The first kappa shape index (κ1) is 16.4. The molecule has 0 saturated heterocycles. The van der Waals surface area contributed by atoms with Gasteiger partial charge in [0.25, 0.3) is 0 Å². The van der Waals surface area contributed by atoms with Crippen molar-refractivity contribution in [3.8, 4) is 5.69 Å². The topological polar surface area (TPSA) is 59.8 Å². The maximum absolute atomic E-state index is 12.1. The first-order valence-corrected chi connectivity index (χ1v) is 10.1. The average molecular weight is 371 g/mol. The monoisotopic (exact) mass is 370 g/mol. The van der Waals surface area contributed by atoms with E-state index in [1.165, 1.54) is 11.8 Å². The minimum Gasteiger partial charge on any atom is -0.350 e. The number of amides is 1. The number of hydrogen-bond donors (Lipinski definition) is 1. The molecule has 0 radical (unpaired) electrons. The molecule has 1 amide bonds. The van der Waals surface area contributed by atoms with Gasteiger partial charge in [0.2, 0.25) is 5.91 Å². The van der Waals surface area contributed by atoms with Crippen molar-refractivity contribution in [2.24, 2.45) is 0 Å². The number of thioether (sulfide) groups is 1. The van der Waals surface area contributed by atoms with Crippen LogP contribution in [-0.4, -0.2) is 26.4 Å². The van der Waals surface area contributed by atoms with E-state index in [1.807, 2.05) is 35.7 Å². The summed E-state index contributed by atoms with van der Waals surface area (Å²) in [6, 6.07) is 14.1. The summed E-state index contributed by atoms with van der Waals surface area (Å²) in [5.41, 5.74) is 1.05. The van der Waals surface area contributed by atoms with Gasteiger partial charge < -0.3 is 5.32 Å². The molecule has 1 N–H and O–H groups in total. The third-order valence-electron chi connectivity index (χ3n) is 3.99. The third-order valence-corrected chi connectivity index (χ3v) is 5.79. The number of hydrogen-bond acceptors (Lipinski definition) is 5. The summed E-state index contributed by atoms with van der Waals surface area (Å²) in [7, 11) is 0. The Labute approximate surface area is 154 Å². The summed E-state index contributed by atoms with van der Waals surface area (Å²) in [6.07, 6.45) is 2.33. The van der Waals surface area contributed by atoms with Crippen LogP contribution in [0.4, 0.5) is 0 Å². The van der Waals surface area contributed by atoms with Crippen LogP contribution in [0.5, 0.6) is 0 Å². The molecule has 3 aromatic rings. The van der Waals surface area contributed by atoms with Gasteiger partial charge in [0.15, 0.2) is 5.16 Å². The fourth-order valence-corrected chi connectivity index (χ4v) is 4.01. The SMILES string of the molecule is O=C(CSc1nnc(C2CC2)n1-c1ccccc1)NCc1cccs1. The zero-order valence-electron chi connectivity index (χ0n) is 13.6. The van der Waals surface area contributed by atoms with E-state index in [0.717, 1.165) is 34.4 Å². The van der Waals surface area contributed by atoms with E-state index in [2.05, 4.69) is 32.2 Å². The zero-order valence-corrected chi connectivity index (χ0v) is 15.2. The molecular formula is C18H18N4OS2. The summed E-state index contributed by atoms with van der Waals surface area (Å²) in [6.45, 7) is 0.579. The molecular weight excluding hydrogens is 352 g/mol. The maximum atomic E-state index is 12.1. The van der Waals surface area contributed by atoms with Crippen molar-refractivity contribution >= 4 is 29.0 Å². The van der Waals surface area contributed by atoms with Crippen LogP contribution < -0.4 is 5.32 Å². The van der Waals surface area contributed by atoms with E-state index in [1.54, 1.807) is 11.3 Å². The highest BCUT2D eigenvalue weighted by atomic mass is 32.2. The van der Waals surface area contributed by atoms with Crippen LogP contribution >= 0.6 is 23.1 Å². The van der Waals surface area contributed by atoms with E-state index < -0.39 is 0 Å². The van der Waals surface area contributed by atoms with Crippen molar-refractivity contribution in [3.05, 3.63) is 58.5 Å². The number of nitrogens with zero attached hydrogens (tertiary/aromatic N) is 3. The van der Waals surface area contributed by atoms with Crippen molar-refractivity contribution in [2.45, 2.75) is 30.5 Å². The first-order chi connectivity index (χ1) is 12.3. The lowest BCUT2D eigenvalue weighted by Gasteiger charge is -2.09. The van der Waals surface area contributed by atoms with Crippen LogP contribution in [0.3, 0.4) is 0 Å². The molecule has 1 fully saturated rings. The highest BCUT2D eigenvalue weighted by molar-refractivity contribution is 7.99. The van der Waals surface area contributed by atoms with Crippen molar-refractivity contribution in [1.82, 2.24) is 20.1 Å². The van der Waals surface area contributed by atoms with Crippen LogP contribution in [0.15, 0.2) is 53.0 Å². The largest absolute Gasteiger partial charge is 0.350 e. The molecule has 1 aromatic carbocycles. The lowest BCUT2D eigenvalue weighted by atomic mass is 10.3. The Kier molecular flexibility index (Phi) is 4.85. The number of carbonyl (C=O) groups is 1. The second-order valence-electron chi connectivity index (χ2n) is 5.93. The van der Waals surface area contributed by atoms with Gasteiger partial charge in [0.1, 0.15) is 5.82 Å². The number of benzene rings is 1. The van der Waals surface area contributed by atoms with Crippen LogP contribution in [0, 0.1) is 0 Å². The van der Waals surface area contributed by atoms with Crippen molar-refractivity contribution in [3.63, 3.8) is 0 Å². The molecule has 1 saturated carbocycles. The Morgan fingerprint density at radius 2 is 2.04 bits per heavy atom. The molecule has 1 aliphatic rings. The number of aromatic nitrogens is 3. The number of thiophene rings is 1. The molecule has 1 aliphatic carbocycles. The molecule has 4 rings (SSSR count). The minimum absolute atomic E-state index is 0.00832. The second kappa shape index (κ2) is 7.41. The lowest BCUT2D eigenvalue weighted by Crippen LogP contribution is -2.24. The molecule has 2 aromatic heterocycles. The average Bonchev–Trinajstić information content (AvgIpc) is 3.19. The minimum atomic E-state index is 0.00832. The Balaban J connectivity index is 1.44. The van der Waals surface area contributed by atoms with Gasteiger partial charge in [-0.15, -0.1) is 21.5 Å². The van der Waals surface area contributed by atoms with Crippen molar-refractivity contribution in [2.75, 3.05) is 5.75 Å². The Bertz CT molecular complexity index is 841. The summed E-state index contributed by atoms with van der Waals surface area (Å²) in [4.78, 5) is 13.3. The van der Waals surface area contributed by atoms with E-state index >= 15 is 0 Å². The van der Waals surface area contributed by atoms with Gasteiger partial charge in [0, 0.05) is 16.5 Å². The fraction of sp³-hybridized carbons (Fsp3) is 0.278. The smallest absolute Gasteiger partial charge is 0.230 e. The van der Waals surface area contributed by atoms with E-state index in [0.29, 0.717) is 18.2 Å². The van der Waals surface area contributed by atoms with E-state index in [4.69, 9.17) is 0 Å². The maximum Gasteiger partial charge on any atom is 0.230 e. The molecule has 0 atom stereocenters. The van der Waals surface area contributed by atoms with Gasteiger partial charge in [0.05, 0.1) is 12.3 Å². The fourth-order valence-electron chi connectivity index (χ4n) is 2.58. The van der Waals surface area contributed by atoms with Crippen LogP contribution in [-0.2, 0) is 11.3 Å². The summed E-state index contributed by atoms with van der Waals surface area (Å²) in [5.74, 6) is 1.84. The Morgan fingerprint density at radius 1 is 1.20 bits per heavy atom. The molecule has 0 aliphatic heterocycles. The van der Waals surface area contributed by atoms with Crippen LogP contribution in [0.2, 0.25) is 0 Å². The molecule has 5 nitrogen and oxygen atoms in total. The molecule has 25 heavy (non-hydrogen) atoms. The summed E-state index contributed by atoms with van der Waals surface area (Å²) >= 11 is 3.08. The second-order valence-corrected chi connectivity index (χ2v) is 7.91.